The molecule has 0 aromatic heterocycles. The van der Waals surface area contributed by atoms with Crippen LogP contribution in [0, 0.1) is 17.8 Å². The molecule has 19 heavy (non-hydrogen) atoms. The van der Waals surface area contributed by atoms with E-state index in [0.717, 1.165) is 25.4 Å². The summed E-state index contributed by atoms with van der Waals surface area (Å²) in [5.74, 6) is 2.00. The van der Waals surface area contributed by atoms with Crippen LogP contribution < -0.4 is 0 Å². The third-order valence-electron chi connectivity index (χ3n) is 5.47. The van der Waals surface area contributed by atoms with Gasteiger partial charge in [0.25, 0.3) is 0 Å². The van der Waals surface area contributed by atoms with Crippen molar-refractivity contribution in [3.05, 3.63) is 0 Å². The maximum atomic E-state index is 11.0. The molecule has 0 radical (unpaired) electrons. The summed E-state index contributed by atoms with van der Waals surface area (Å²) >= 11 is 0. The lowest BCUT2D eigenvalue weighted by atomic mass is 9.68. The van der Waals surface area contributed by atoms with E-state index in [9.17, 15) is 5.11 Å². The van der Waals surface area contributed by atoms with Crippen molar-refractivity contribution in [2.24, 2.45) is 17.8 Å². The fraction of sp³-hybridized carbons (Fsp3) is 1.00. The van der Waals surface area contributed by atoms with Crippen molar-refractivity contribution in [2.75, 3.05) is 6.61 Å². The van der Waals surface area contributed by atoms with Gasteiger partial charge in [0.2, 0.25) is 0 Å². The first-order valence-corrected chi connectivity index (χ1v) is 8.39. The van der Waals surface area contributed by atoms with E-state index in [1.807, 2.05) is 0 Å². The third kappa shape index (κ3) is 3.52. The van der Waals surface area contributed by atoms with Crippen LogP contribution in [0.15, 0.2) is 0 Å². The van der Waals surface area contributed by atoms with E-state index < -0.39 is 0 Å². The van der Waals surface area contributed by atoms with Crippen LogP contribution in [0.25, 0.3) is 0 Å². The summed E-state index contributed by atoms with van der Waals surface area (Å²) in [4.78, 5) is 0. The third-order valence-corrected chi connectivity index (χ3v) is 5.47. The largest absolute Gasteiger partial charge is 0.390 e. The molecule has 2 aliphatic rings. The maximum Gasteiger partial charge on any atom is 0.0945 e. The van der Waals surface area contributed by atoms with E-state index in [4.69, 9.17) is 4.74 Å². The normalized spacial score (nSPS) is 42.0. The van der Waals surface area contributed by atoms with Crippen molar-refractivity contribution in [3.8, 4) is 0 Å². The highest BCUT2D eigenvalue weighted by Crippen LogP contribution is 2.43. The van der Waals surface area contributed by atoms with Crippen molar-refractivity contribution >= 4 is 0 Å². The van der Waals surface area contributed by atoms with Crippen molar-refractivity contribution in [2.45, 2.75) is 83.8 Å². The van der Waals surface area contributed by atoms with E-state index in [1.165, 1.54) is 38.5 Å². The van der Waals surface area contributed by atoms with Crippen LogP contribution in [0.5, 0.6) is 0 Å². The molecule has 0 bridgehead atoms. The van der Waals surface area contributed by atoms with Crippen LogP contribution >= 0.6 is 0 Å². The highest BCUT2D eigenvalue weighted by atomic mass is 16.5. The monoisotopic (exact) mass is 268 g/mol. The van der Waals surface area contributed by atoms with Crippen molar-refractivity contribution in [3.63, 3.8) is 0 Å². The van der Waals surface area contributed by atoms with E-state index in [0.29, 0.717) is 11.8 Å². The molecule has 0 amide bonds. The van der Waals surface area contributed by atoms with Gasteiger partial charge in [0.1, 0.15) is 0 Å². The van der Waals surface area contributed by atoms with Crippen molar-refractivity contribution in [1.29, 1.82) is 0 Å². The Balaban J connectivity index is 2.05. The summed E-state index contributed by atoms with van der Waals surface area (Å²) in [7, 11) is 0. The van der Waals surface area contributed by atoms with Gasteiger partial charge >= 0.3 is 0 Å². The summed E-state index contributed by atoms with van der Waals surface area (Å²) in [6, 6.07) is 0. The highest BCUT2D eigenvalue weighted by molar-refractivity contribution is 4.96. The summed E-state index contributed by atoms with van der Waals surface area (Å²) in [5.41, 5.74) is -0.238. The highest BCUT2D eigenvalue weighted by Gasteiger charge is 2.45. The SMILES string of the molecule is CCOC1(C(O)C2CCC(C)CC2)CCCC(C)C1. The molecule has 2 nitrogen and oxygen atoms in total. The first kappa shape index (κ1) is 15.3. The number of hydrogen-bond donors (Lipinski definition) is 1. The minimum atomic E-state index is -0.248. The number of aliphatic hydroxyl groups excluding tert-OH is 1. The molecule has 112 valence electrons. The molecule has 0 spiro atoms. The second kappa shape index (κ2) is 6.58. The Labute approximate surface area is 118 Å². The number of hydrogen-bond acceptors (Lipinski definition) is 2. The fourth-order valence-corrected chi connectivity index (χ4v) is 4.35. The summed E-state index contributed by atoms with van der Waals surface area (Å²) < 4.78 is 6.13. The molecule has 2 saturated carbocycles. The fourth-order valence-electron chi connectivity index (χ4n) is 4.35. The molecule has 2 fully saturated rings. The predicted molar refractivity (Wildman–Crippen MR) is 79.1 cm³/mol. The Bertz CT molecular complexity index is 266. The van der Waals surface area contributed by atoms with E-state index in [-0.39, 0.29) is 11.7 Å². The van der Waals surface area contributed by atoms with Gasteiger partial charge in [0.15, 0.2) is 0 Å². The molecule has 2 heteroatoms. The lowest BCUT2D eigenvalue weighted by Crippen LogP contribution is -2.52. The number of rotatable bonds is 4. The minimum absolute atomic E-state index is 0.238. The number of aliphatic hydroxyl groups is 1. The van der Waals surface area contributed by atoms with Crippen molar-refractivity contribution in [1.82, 2.24) is 0 Å². The molecular formula is C17H32O2. The van der Waals surface area contributed by atoms with E-state index in [2.05, 4.69) is 20.8 Å². The van der Waals surface area contributed by atoms with Gasteiger partial charge in [0, 0.05) is 6.61 Å². The molecule has 3 unspecified atom stereocenters. The molecule has 3 atom stereocenters. The average Bonchev–Trinajstić information content (AvgIpc) is 2.39. The van der Waals surface area contributed by atoms with Gasteiger partial charge in [0.05, 0.1) is 11.7 Å². The van der Waals surface area contributed by atoms with Crippen LogP contribution in [0.3, 0.4) is 0 Å². The molecular weight excluding hydrogens is 236 g/mol. The van der Waals surface area contributed by atoms with Gasteiger partial charge in [-0.15, -0.1) is 0 Å². The Morgan fingerprint density at radius 1 is 1.11 bits per heavy atom. The summed E-state index contributed by atoms with van der Waals surface area (Å²) in [6.45, 7) is 7.44. The topological polar surface area (TPSA) is 29.5 Å². The second-order valence-corrected chi connectivity index (χ2v) is 7.16. The van der Waals surface area contributed by atoms with Crippen molar-refractivity contribution < 1.29 is 9.84 Å². The minimum Gasteiger partial charge on any atom is -0.390 e. The van der Waals surface area contributed by atoms with Crippen LogP contribution in [0.4, 0.5) is 0 Å². The molecule has 0 aromatic carbocycles. The smallest absolute Gasteiger partial charge is 0.0945 e. The second-order valence-electron chi connectivity index (χ2n) is 7.16. The summed E-state index contributed by atoms with van der Waals surface area (Å²) in [5, 5.41) is 11.0. The zero-order chi connectivity index (χ0) is 13.9. The first-order valence-electron chi connectivity index (χ1n) is 8.39. The van der Waals surface area contributed by atoms with E-state index >= 15 is 0 Å². The Kier molecular flexibility index (Phi) is 5.30. The van der Waals surface area contributed by atoms with Gasteiger partial charge in [-0.05, 0) is 50.4 Å². The van der Waals surface area contributed by atoms with Gasteiger partial charge in [-0.2, -0.15) is 0 Å². The summed E-state index contributed by atoms with van der Waals surface area (Å²) in [6.07, 6.45) is 9.29. The Morgan fingerprint density at radius 3 is 2.37 bits per heavy atom. The van der Waals surface area contributed by atoms with E-state index in [1.54, 1.807) is 0 Å². The molecule has 0 saturated heterocycles. The Hall–Kier alpha value is -0.0800. The van der Waals surface area contributed by atoms with Gasteiger partial charge in [-0.3, -0.25) is 0 Å². The van der Waals surface area contributed by atoms with Crippen LogP contribution in [0.1, 0.15) is 72.1 Å². The van der Waals surface area contributed by atoms with Gasteiger partial charge in [-0.25, -0.2) is 0 Å². The first-order chi connectivity index (χ1) is 9.07. The molecule has 0 aromatic rings. The maximum absolute atomic E-state index is 11.0. The van der Waals surface area contributed by atoms with Crippen LogP contribution in [-0.2, 0) is 4.74 Å². The molecule has 2 rings (SSSR count). The van der Waals surface area contributed by atoms with Gasteiger partial charge < -0.3 is 9.84 Å². The quantitative estimate of drug-likeness (QED) is 0.829. The molecule has 0 heterocycles. The van der Waals surface area contributed by atoms with Crippen LogP contribution in [0.2, 0.25) is 0 Å². The lowest BCUT2D eigenvalue weighted by molar-refractivity contribution is -0.168. The predicted octanol–water partition coefficient (Wildman–Crippen LogP) is 4.16. The number of ether oxygens (including phenoxy) is 1. The molecule has 1 N–H and O–H groups in total. The molecule has 2 aliphatic carbocycles. The molecule has 0 aliphatic heterocycles. The van der Waals surface area contributed by atoms with Gasteiger partial charge in [-0.1, -0.05) is 39.5 Å². The van der Waals surface area contributed by atoms with Crippen LogP contribution in [-0.4, -0.2) is 23.4 Å². The Morgan fingerprint density at radius 2 is 1.79 bits per heavy atom. The zero-order valence-corrected chi connectivity index (χ0v) is 13.0. The standard InChI is InChI=1S/C17H32O2/c1-4-19-17(11-5-6-14(3)12-17)16(18)15-9-7-13(2)8-10-15/h13-16,18H,4-12H2,1-3H3. The average molecular weight is 268 g/mol. The lowest BCUT2D eigenvalue weighted by Gasteiger charge is -2.46. The zero-order valence-electron chi connectivity index (χ0n) is 13.0.